The van der Waals surface area contributed by atoms with Crippen LogP contribution in [0.15, 0.2) is 10.8 Å². The number of anilines is 1. The number of hydrogen-bond donors (Lipinski definition) is 2. The van der Waals surface area contributed by atoms with Crippen molar-refractivity contribution in [3.8, 4) is 0 Å². The topological polar surface area (TPSA) is 159 Å². The first-order valence-corrected chi connectivity index (χ1v) is 12.6. The minimum absolute atomic E-state index is 0.141. The van der Waals surface area contributed by atoms with Crippen LogP contribution in [0.5, 0.6) is 0 Å². The fraction of sp³-hybridized carbons (Fsp3) is 0.636. The summed E-state index contributed by atoms with van der Waals surface area (Å²) in [5.74, 6) is -3.42. The van der Waals surface area contributed by atoms with Gasteiger partial charge in [-0.25, -0.2) is 18.1 Å². The summed E-state index contributed by atoms with van der Waals surface area (Å²) in [5, 5.41) is 25.2. The highest BCUT2D eigenvalue weighted by Crippen LogP contribution is 2.32. The van der Waals surface area contributed by atoms with Gasteiger partial charge in [0.2, 0.25) is 12.3 Å². The minimum atomic E-state index is -4.77. The van der Waals surface area contributed by atoms with Crippen LogP contribution in [0.2, 0.25) is 0 Å². The molecule has 1 unspecified atom stereocenters. The monoisotopic (exact) mass is 592 g/mol. The molecule has 0 radical (unpaired) electrons. The summed E-state index contributed by atoms with van der Waals surface area (Å²) in [5.41, 5.74) is -0.506. The predicted molar refractivity (Wildman–Crippen MR) is 125 cm³/mol. The maximum atomic E-state index is 14.9. The summed E-state index contributed by atoms with van der Waals surface area (Å²) in [4.78, 5) is 26.2. The van der Waals surface area contributed by atoms with Crippen molar-refractivity contribution in [3.63, 3.8) is 0 Å². The highest BCUT2D eigenvalue weighted by Gasteiger charge is 2.36. The van der Waals surface area contributed by atoms with Gasteiger partial charge in [0.15, 0.2) is 11.5 Å². The molecule has 2 amide bonds. The average Bonchev–Trinajstić information content (AvgIpc) is 3.61. The molecule has 1 aliphatic carbocycles. The molecule has 41 heavy (non-hydrogen) atoms. The Hall–Kier alpha value is -4.06. The van der Waals surface area contributed by atoms with E-state index in [2.05, 4.69) is 53.1 Å². The van der Waals surface area contributed by atoms with Crippen LogP contribution in [-0.2, 0) is 11.3 Å². The van der Waals surface area contributed by atoms with Crippen LogP contribution in [0, 0.1) is 24.7 Å². The molecule has 13 nitrogen and oxygen atoms in total. The molecule has 1 aliphatic rings. The van der Waals surface area contributed by atoms with Crippen LogP contribution in [0.25, 0.3) is 0 Å². The molecule has 0 saturated heterocycles. The molecule has 224 valence electrons. The Balaban J connectivity index is 1.59. The van der Waals surface area contributed by atoms with E-state index in [1.54, 1.807) is 0 Å². The maximum Gasteiger partial charge on any atom is 0.408 e. The molecule has 1 saturated carbocycles. The van der Waals surface area contributed by atoms with Crippen molar-refractivity contribution in [1.82, 2.24) is 45.6 Å². The number of rotatable bonds is 10. The van der Waals surface area contributed by atoms with Gasteiger partial charge in [0.1, 0.15) is 30.0 Å². The van der Waals surface area contributed by atoms with Crippen LogP contribution in [0.1, 0.15) is 67.1 Å². The average molecular weight is 593 g/mol. The number of aromatic nitrogens is 8. The lowest BCUT2D eigenvalue weighted by molar-refractivity contribution is -0.143. The molecule has 0 aromatic carbocycles. The number of alkyl halides is 5. The van der Waals surface area contributed by atoms with Gasteiger partial charge in [-0.2, -0.15) is 17.6 Å². The van der Waals surface area contributed by atoms with Crippen LogP contribution in [0.3, 0.4) is 0 Å². The summed E-state index contributed by atoms with van der Waals surface area (Å²) in [7, 11) is 0. The first kappa shape index (κ1) is 29.9. The van der Waals surface area contributed by atoms with Crippen LogP contribution < -0.4 is 10.6 Å². The van der Waals surface area contributed by atoms with E-state index in [4.69, 9.17) is 0 Å². The Morgan fingerprint density at radius 3 is 2.49 bits per heavy atom. The molecule has 1 fully saturated rings. The van der Waals surface area contributed by atoms with E-state index in [0.717, 1.165) is 19.0 Å². The Bertz CT molecular complexity index is 1350. The Morgan fingerprint density at radius 1 is 1.17 bits per heavy atom. The summed E-state index contributed by atoms with van der Waals surface area (Å²) >= 11 is 0. The van der Waals surface area contributed by atoms with Crippen LogP contribution in [-0.4, -0.2) is 70.8 Å². The highest BCUT2D eigenvalue weighted by atomic mass is 19.4. The van der Waals surface area contributed by atoms with Gasteiger partial charge in [-0.1, -0.05) is 24.9 Å². The van der Waals surface area contributed by atoms with Gasteiger partial charge >= 0.3 is 6.18 Å². The molecule has 0 bridgehead atoms. The second-order valence-electron chi connectivity index (χ2n) is 9.92. The third-order valence-electron chi connectivity index (χ3n) is 6.82. The van der Waals surface area contributed by atoms with Gasteiger partial charge in [-0.05, 0) is 47.2 Å². The second-order valence-corrected chi connectivity index (χ2v) is 9.92. The van der Waals surface area contributed by atoms with Crippen molar-refractivity contribution in [2.75, 3.05) is 5.32 Å². The number of amides is 2. The lowest BCUT2D eigenvalue weighted by Crippen LogP contribution is -2.49. The Kier molecular flexibility index (Phi) is 8.91. The lowest BCUT2D eigenvalue weighted by Gasteiger charge is -2.32. The zero-order chi connectivity index (χ0) is 29.9. The summed E-state index contributed by atoms with van der Waals surface area (Å²) in [6.45, 7) is 1.86. The van der Waals surface area contributed by atoms with Crippen LogP contribution >= 0.6 is 0 Å². The SMILES string of the molecule is Cc1nonc1C(=O)N[C@H](C(=O)Nc1cn(C(CC(F)F)c2nnnn2CC(F)(F)F)nc1F)C1CCC(C)CC1. The first-order valence-electron chi connectivity index (χ1n) is 12.6. The molecule has 0 spiro atoms. The molecule has 0 aliphatic heterocycles. The molecular formula is C22H26F6N10O3. The number of nitrogens with zero attached hydrogens (tertiary/aromatic N) is 8. The molecule has 3 aromatic rings. The summed E-state index contributed by atoms with van der Waals surface area (Å²) in [6.07, 6.45) is -5.36. The number of tetrazole rings is 1. The maximum absolute atomic E-state index is 14.9. The van der Waals surface area contributed by atoms with E-state index in [1.807, 2.05) is 0 Å². The fourth-order valence-electron chi connectivity index (χ4n) is 4.72. The molecule has 3 heterocycles. The van der Waals surface area contributed by atoms with Gasteiger partial charge in [-0.3, -0.25) is 14.3 Å². The number of nitrogens with one attached hydrogen (secondary N) is 2. The molecule has 3 aromatic heterocycles. The standard InChI is InChI=1S/C22H26F6N10O3/c1-10-3-5-12(6-4-10)17(30-20(39)16-11(2)33-41-34-16)21(40)29-13-8-37(32-18(13)25)14(7-15(23)24)19-31-35-36-38(19)9-22(26,27)28/h8,10,12,14-15,17H,3-7,9H2,1-2H3,(H,29,40)(H,30,39)/t10?,12?,14?,17-/m0/s1. The summed E-state index contributed by atoms with van der Waals surface area (Å²) < 4.78 is 86.0. The first-order chi connectivity index (χ1) is 19.3. The third kappa shape index (κ3) is 7.37. The molecule has 2 atom stereocenters. The molecule has 2 N–H and O–H groups in total. The van der Waals surface area contributed by atoms with Crippen molar-refractivity contribution in [2.24, 2.45) is 11.8 Å². The number of hydrogen-bond acceptors (Lipinski definition) is 9. The van der Waals surface area contributed by atoms with Crippen molar-refractivity contribution in [3.05, 3.63) is 29.4 Å². The van der Waals surface area contributed by atoms with Gasteiger partial charge < -0.3 is 10.6 Å². The zero-order valence-electron chi connectivity index (χ0n) is 21.8. The van der Waals surface area contributed by atoms with E-state index in [9.17, 15) is 35.9 Å². The molecular weight excluding hydrogens is 566 g/mol. The highest BCUT2D eigenvalue weighted by molar-refractivity contribution is 6.00. The van der Waals surface area contributed by atoms with E-state index in [0.29, 0.717) is 23.4 Å². The van der Waals surface area contributed by atoms with Crippen LogP contribution in [0.4, 0.5) is 32.0 Å². The van der Waals surface area contributed by atoms with E-state index >= 15 is 0 Å². The largest absolute Gasteiger partial charge is 0.408 e. The minimum Gasteiger partial charge on any atom is -0.338 e. The molecule has 19 heteroatoms. The zero-order valence-corrected chi connectivity index (χ0v) is 21.8. The quantitative estimate of drug-likeness (QED) is 0.338. The number of halogens is 6. The number of aryl methyl sites for hydroxylation is 1. The van der Waals surface area contributed by atoms with Crippen molar-refractivity contribution >= 4 is 17.5 Å². The van der Waals surface area contributed by atoms with E-state index in [1.165, 1.54) is 6.92 Å². The van der Waals surface area contributed by atoms with Crippen molar-refractivity contribution in [2.45, 2.75) is 77.2 Å². The van der Waals surface area contributed by atoms with Crippen molar-refractivity contribution < 1.29 is 40.6 Å². The molecule has 4 rings (SSSR count). The predicted octanol–water partition coefficient (Wildman–Crippen LogP) is 3.07. The van der Waals surface area contributed by atoms with Gasteiger partial charge in [0.25, 0.3) is 11.9 Å². The number of carbonyl (C=O) groups excluding carboxylic acids is 2. The fourth-order valence-corrected chi connectivity index (χ4v) is 4.72. The van der Waals surface area contributed by atoms with Gasteiger partial charge in [0, 0.05) is 6.42 Å². The summed E-state index contributed by atoms with van der Waals surface area (Å²) in [6, 6.07) is -2.85. The van der Waals surface area contributed by atoms with E-state index in [-0.39, 0.29) is 22.0 Å². The Morgan fingerprint density at radius 2 is 1.88 bits per heavy atom. The smallest absolute Gasteiger partial charge is 0.338 e. The second kappa shape index (κ2) is 12.2. The van der Waals surface area contributed by atoms with E-state index < -0.39 is 66.9 Å². The normalized spacial score (nSPS) is 19.2. The number of carbonyl (C=O) groups is 2. The van der Waals surface area contributed by atoms with Gasteiger partial charge in [0.05, 0.1) is 6.20 Å². The van der Waals surface area contributed by atoms with Gasteiger partial charge in [-0.15, -0.1) is 10.2 Å². The van der Waals surface area contributed by atoms with Crippen molar-refractivity contribution in [1.29, 1.82) is 0 Å². The lowest BCUT2D eigenvalue weighted by atomic mass is 9.79. The third-order valence-corrected chi connectivity index (χ3v) is 6.82. The Labute approximate surface area is 228 Å².